The van der Waals surface area contributed by atoms with Crippen molar-refractivity contribution in [1.29, 1.82) is 0 Å². The first-order valence-electron chi connectivity index (χ1n) is 6.01. The first-order chi connectivity index (χ1) is 7.99. The van der Waals surface area contributed by atoms with Crippen LogP contribution in [0.5, 0.6) is 0 Å². The van der Waals surface area contributed by atoms with Gasteiger partial charge in [0.15, 0.2) is 0 Å². The summed E-state index contributed by atoms with van der Waals surface area (Å²) in [7, 11) is 0. The molecule has 1 rings (SSSR count). The maximum Gasteiger partial charge on any atom is 0.325 e. The number of carboxylic acid groups (broad SMARTS) is 1. The van der Waals surface area contributed by atoms with Crippen LogP contribution in [0, 0.1) is 0 Å². The van der Waals surface area contributed by atoms with Crippen molar-refractivity contribution in [2.24, 2.45) is 0 Å². The summed E-state index contributed by atoms with van der Waals surface area (Å²) < 4.78 is 0. The molecule has 17 heavy (non-hydrogen) atoms. The average molecular weight is 243 g/mol. The standard InChI is InChI=1S/C11H21N3O3/c1-8(7-14-5-3-4-6-14)12-11(17)13-9(2)10(15)16/h8-9H,3-7H2,1-2H3,(H,15,16)(H2,12,13,17)/t8?,9-/m0/s1. The summed E-state index contributed by atoms with van der Waals surface area (Å²) in [5.74, 6) is -1.03. The predicted molar refractivity (Wildman–Crippen MR) is 63.9 cm³/mol. The van der Waals surface area contributed by atoms with Crippen molar-refractivity contribution in [2.45, 2.75) is 38.8 Å². The SMILES string of the molecule is CC(CN1CCCC1)NC(=O)N[C@@H](C)C(=O)O. The molecule has 1 unspecified atom stereocenters. The molecule has 1 heterocycles. The van der Waals surface area contributed by atoms with Gasteiger partial charge in [0.2, 0.25) is 0 Å². The summed E-state index contributed by atoms with van der Waals surface area (Å²) in [6.07, 6.45) is 2.43. The molecule has 2 atom stereocenters. The molecule has 0 radical (unpaired) electrons. The van der Waals surface area contributed by atoms with Crippen LogP contribution in [0.4, 0.5) is 4.79 Å². The molecule has 3 N–H and O–H groups in total. The Morgan fingerprint density at radius 1 is 1.24 bits per heavy atom. The number of hydrogen-bond acceptors (Lipinski definition) is 3. The van der Waals surface area contributed by atoms with Gasteiger partial charge in [-0.3, -0.25) is 4.79 Å². The fourth-order valence-electron chi connectivity index (χ4n) is 1.92. The van der Waals surface area contributed by atoms with Gasteiger partial charge in [-0.25, -0.2) is 4.79 Å². The van der Waals surface area contributed by atoms with Gasteiger partial charge in [-0.1, -0.05) is 0 Å². The second-order valence-corrected chi connectivity index (χ2v) is 4.59. The number of nitrogens with zero attached hydrogens (tertiary/aromatic N) is 1. The number of amides is 2. The molecule has 1 aliphatic rings. The van der Waals surface area contributed by atoms with E-state index < -0.39 is 18.0 Å². The molecule has 6 nitrogen and oxygen atoms in total. The summed E-state index contributed by atoms with van der Waals surface area (Å²) in [5.41, 5.74) is 0. The molecule has 2 amide bonds. The Morgan fingerprint density at radius 2 is 1.82 bits per heavy atom. The first-order valence-corrected chi connectivity index (χ1v) is 6.01. The highest BCUT2D eigenvalue weighted by molar-refractivity contribution is 5.82. The lowest BCUT2D eigenvalue weighted by atomic mass is 10.3. The number of aliphatic carboxylic acids is 1. The Kier molecular flexibility index (Phi) is 5.21. The van der Waals surface area contributed by atoms with Gasteiger partial charge < -0.3 is 20.6 Å². The van der Waals surface area contributed by atoms with E-state index in [9.17, 15) is 9.59 Å². The van der Waals surface area contributed by atoms with Gasteiger partial charge in [0.25, 0.3) is 0 Å². The van der Waals surface area contributed by atoms with Crippen LogP contribution in [0.15, 0.2) is 0 Å². The van der Waals surface area contributed by atoms with E-state index in [0.717, 1.165) is 19.6 Å². The fourth-order valence-corrected chi connectivity index (χ4v) is 1.92. The highest BCUT2D eigenvalue weighted by atomic mass is 16.4. The Labute approximate surface area is 101 Å². The van der Waals surface area contributed by atoms with Gasteiger partial charge in [-0.15, -0.1) is 0 Å². The van der Waals surface area contributed by atoms with E-state index in [4.69, 9.17) is 5.11 Å². The molecule has 1 aliphatic heterocycles. The lowest BCUT2D eigenvalue weighted by Gasteiger charge is -2.21. The monoisotopic (exact) mass is 243 g/mol. The summed E-state index contributed by atoms with van der Waals surface area (Å²) in [5, 5.41) is 13.7. The molecule has 0 spiro atoms. The van der Waals surface area contributed by atoms with Crippen molar-refractivity contribution < 1.29 is 14.7 Å². The topological polar surface area (TPSA) is 81.7 Å². The van der Waals surface area contributed by atoms with E-state index in [1.165, 1.54) is 19.8 Å². The zero-order valence-electron chi connectivity index (χ0n) is 10.4. The third kappa shape index (κ3) is 5.04. The van der Waals surface area contributed by atoms with Crippen molar-refractivity contribution in [3.8, 4) is 0 Å². The molecule has 0 aromatic carbocycles. The number of urea groups is 1. The van der Waals surface area contributed by atoms with Crippen LogP contribution in [-0.4, -0.2) is 53.7 Å². The molecular formula is C11H21N3O3. The Morgan fingerprint density at radius 3 is 2.35 bits per heavy atom. The lowest BCUT2D eigenvalue weighted by Crippen LogP contribution is -2.49. The van der Waals surface area contributed by atoms with E-state index in [2.05, 4.69) is 15.5 Å². The van der Waals surface area contributed by atoms with Gasteiger partial charge in [-0.05, 0) is 39.8 Å². The quantitative estimate of drug-likeness (QED) is 0.646. The molecule has 0 aromatic heterocycles. The molecule has 0 bridgehead atoms. The number of carboxylic acids is 1. The second kappa shape index (κ2) is 6.44. The van der Waals surface area contributed by atoms with Gasteiger partial charge in [0, 0.05) is 12.6 Å². The van der Waals surface area contributed by atoms with E-state index in [-0.39, 0.29) is 6.04 Å². The Hall–Kier alpha value is -1.30. The maximum absolute atomic E-state index is 11.4. The molecule has 6 heteroatoms. The van der Waals surface area contributed by atoms with E-state index in [1.54, 1.807) is 0 Å². The summed E-state index contributed by atoms with van der Waals surface area (Å²) in [6.45, 7) is 6.34. The number of nitrogens with one attached hydrogen (secondary N) is 2. The molecule has 98 valence electrons. The molecule has 0 aromatic rings. The minimum atomic E-state index is -1.03. The van der Waals surface area contributed by atoms with Gasteiger partial charge in [0.1, 0.15) is 6.04 Å². The predicted octanol–water partition coefficient (Wildman–Crippen LogP) is 0.243. The number of hydrogen-bond donors (Lipinski definition) is 3. The van der Waals surface area contributed by atoms with Crippen LogP contribution < -0.4 is 10.6 Å². The van der Waals surface area contributed by atoms with Crippen LogP contribution >= 0.6 is 0 Å². The van der Waals surface area contributed by atoms with Crippen LogP contribution in [0.25, 0.3) is 0 Å². The van der Waals surface area contributed by atoms with E-state index >= 15 is 0 Å². The van der Waals surface area contributed by atoms with Crippen molar-refractivity contribution in [1.82, 2.24) is 15.5 Å². The number of carbonyl (C=O) groups excluding carboxylic acids is 1. The molecule has 1 fully saturated rings. The van der Waals surface area contributed by atoms with E-state index in [0.29, 0.717) is 0 Å². The summed E-state index contributed by atoms with van der Waals surface area (Å²) in [4.78, 5) is 24.3. The highest BCUT2D eigenvalue weighted by Crippen LogP contribution is 2.07. The van der Waals surface area contributed by atoms with Gasteiger partial charge >= 0.3 is 12.0 Å². The minimum absolute atomic E-state index is 0.0223. The first kappa shape index (κ1) is 13.8. The molecule has 0 saturated carbocycles. The minimum Gasteiger partial charge on any atom is -0.480 e. The van der Waals surface area contributed by atoms with Crippen molar-refractivity contribution in [3.05, 3.63) is 0 Å². The Bertz CT molecular complexity index is 277. The summed E-state index contributed by atoms with van der Waals surface area (Å²) >= 11 is 0. The fraction of sp³-hybridized carbons (Fsp3) is 0.818. The number of rotatable bonds is 5. The molecular weight excluding hydrogens is 222 g/mol. The van der Waals surface area contributed by atoms with Crippen LogP contribution in [0.3, 0.4) is 0 Å². The Balaban J connectivity index is 2.22. The third-order valence-corrected chi connectivity index (χ3v) is 2.83. The maximum atomic E-state index is 11.4. The van der Waals surface area contributed by atoms with Gasteiger partial charge in [-0.2, -0.15) is 0 Å². The van der Waals surface area contributed by atoms with Crippen LogP contribution in [0.1, 0.15) is 26.7 Å². The largest absolute Gasteiger partial charge is 0.480 e. The van der Waals surface area contributed by atoms with Crippen molar-refractivity contribution in [3.63, 3.8) is 0 Å². The van der Waals surface area contributed by atoms with Crippen molar-refractivity contribution in [2.75, 3.05) is 19.6 Å². The smallest absolute Gasteiger partial charge is 0.325 e. The number of carbonyl (C=O) groups is 2. The third-order valence-electron chi connectivity index (χ3n) is 2.83. The summed E-state index contributed by atoms with van der Waals surface area (Å²) in [6, 6.07) is -1.27. The lowest BCUT2D eigenvalue weighted by molar-refractivity contribution is -0.138. The number of likely N-dealkylation sites (tertiary alicyclic amines) is 1. The van der Waals surface area contributed by atoms with Crippen molar-refractivity contribution >= 4 is 12.0 Å². The van der Waals surface area contributed by atoms with Crippen LogP contribution in [0.2, 0.25) is 0 Å². The zero-order chi connectivity index (χ0) is 12.8. The average Bonchev–Trinajstić information content (AvgIpc) is 2.69. The van der Waals surface area contributed by atoms with Crippen LogP contribution in [-0.2, 0) is 4.79 Å². The molecule has 1 saturated heterocycles. The van der Waals surface area contributed by atoms with Gasteiger partial charge in [0.05, 0.1) is 0 Å². The normalized spacial score (nSPS) is 19.6. The highest BCUT2D eigenvalue weighted by Gasteiger charge is 2.18. The zero-order valence-corrected chi connectivity index (χ0v) is 10.4. The molecule has 0 aliphatic carbocycles. The second-order valence-electron chi connectivity index (χ2n) is 4.59. The van der Waals surface area contributed by atoms with E-state index in [1.807, 2.05) is 6.92 Å².